The summed E-state index contributed by atoms with van der Waals surface area (Å²) in [5.74, 6) is 1.63. The molecular weight excluding hydrogens is 264 g/mol. The normalized spacial score (nSPS) is 12.0. The summed E-state index contributed by atoms with van der Waals surface area (Å²) in [4.78, 5) is 0. The largest absolute Gasteiger partial charge is 0.493 e. The van der Waals surface area contributed by atoms with Crippen LogP contribution in [0.5, 0.6) is 11.5 Å². The number of aliphatic hydroxyl groups excluding tert-OH is 1. The quantitative estimate of drug-likeness (QED) is 0.871. The molecule has 1 atom stereocenters. The summed E-state index contributed by atoms with van der Waals surface area (Å²) in [5.41, 5.74) is 2.97. The second-order valence-corrected chi connectivity index (χ2v) is 5.08. The van der Waals surface area contributed by atoms with Gasteiger partial charge >= 0.3 is 0 Å². The molecule has 0 saturated heterocycles. The topological polar surface area (TPSA) is 38.7 Å². The van der Waals surface area contributed by atoms with Crippen LogP contribution >= 0.6 is 0 Å². The molecular formula is C18H22O3. The average molecular weight is 286 g/mol. The molecule has 3 heteroatoms. The number of hydrogen-bond donors (Lipinski definition) is 1. The van der Waals surface area contributed by atoms with Crippen molar-refractivity contribution in [3.8, 4) is 11.5 Å². The van der Waals surface area contributed by atoms with Crippen LogP contribution in [0.25, 0.3) is 0 Å². The Hall–Kier alpha value is -2.00. The Bertz CT molecular complexity index is 591. The van der Waals surface area contributed by atoms with Gasteiger partial charge < -0.3 is 14.6 Å². The van der Waals surface area contributed by atoms with Crippen molar-refractivity contribution >= 4 is 0 Å². The first-order valence-corrected chi connectivity index (χ1v) is 7.23. The molecule has 1 N–H and O–H groups in total. The van der Waals surface area contributed by atoms with Gasteiger partial charge in [-0.05, 0) is 56.2 Å². The number of aliphatic hydroxyl groups is 1. The molecule has 0 radical (unpaired) electrons. The van der Waals surface area contributed by atoms with Gasteiger partial charge in [-0.3, -0.25) is 0 Å². The Balaban J connectivity index is 2.18. The van der Waals surface area contributed by atoms with Crippen molar-refractivity contribution in [1.82, 2.24) is 0 Å². The van der Waals surface area contributed by atoms with Crippen LogP contribution in [0.2, 0.25) is 0 Å². The molecule has 112 valence electrons. The van der Waals surface area contributed by atoms with Gasteiger partial charge in [-0.25, -0.2) is 0 Å². The fourth-order valence-electron chi connectivity index (χ4n) is 2.13. The van der Waals surface area contributed by atoms with Crippen molar-refractivity contribution in [2.24, 2.45) is 0 Å². The van der Waals surface area contributed by atoms with E-state index in [1.54, 1.807) is 6.92 Å². The highest BCUT2D eigenvalue weighted by Crippen LogP contribution is 2.25. The maximum absolute atomic E-state index is 9.71. The lowest BCUT2D eigenvalue weighted by atomic mass is 10.1. The lowest BCUT2D eigenvalue weighted by Crippen LogP contribution is -2.03. The zero-order chi connectivity index (χ0) is 15.2. The summed E-state index contributed by atoms with van der Waals surface area (Å²) in [6.07, 6.45) is -0.501. The third-order valence-electron chi connectivity index (χ3n) is 3.25. The second kappa shape index (κ2) is 7.14. The number of ether oxygens (including phenoxy) is 2. The van der Waals surface area contributed by atoms with E-state index < -0.39 is 6.10 Å². The zero-order valence-electron chi connectivity index (χ0n) is 12.8. The Morgan fingerprint density at radius 3 is 2.57 bits per heavy atom. The van der Waals surface area contributed by atoms with E-state index in [4.69, 9.17) is 9.47 Å². The molecule has 1 unspecified atom stereocenters. The molecule has 0 aliphatic rings. The minimum atomic E-state index is -0.501. The lowest BCUT2D eigenvalue weighted by molar-refractivity contribution is 0.198. The van der Waals surface area contributed by atoms with Gasteiger partial charge in [0, 0.05) is 5.56 Å². The SMILES string of the molecule is CCOc1ccc(C(C)O)cc1COc1cccc(C)c1. The Labute approximate surface area is 126 Å². The highest BCUT2D eigenvalue weighted by atomic mass is 16.5. The molecule has 0 aliphatic carbocycles. The number of benzene rings is 2. The van der Waals surface area contributed by atoms with Crippen molar-refractivity contribution < 1.29 is 14.6 Å². The third kappa shape index (κ3) is 4.23. The summed E-state index contributed by atoms with van der Waals surface area (Å²) in [6, 6.07) is 13.6. The number of aryl methyl sites for hydroxylation is 1. The van der Waals surface area contributed by atoms with Crippen LogP contribution in [-0.4, -0.2) is 11.7 Å². The van der Waals surface area contributed by atoms with Crippen molar-refractivity contribution in [3.05, 3.63) is 59.2 Å². The van der Waals surface area contributed by atoms with Crippen LogP contribution in [-0.2, 0) is 6.61 Å². The molecule has 21 heavy (non-hydrogen) atoms. The Morgan fingerprint density at radius 2 is 1.90 bits per heavy atom. The van der Waals surface area contributed by atoms with Crippen LogP contribution in [0, 0.1) is 6.92 Å². The molecule has 0 bridgehead atoms. The van der Waals surface area contributed by atoms with Crippen LogP contribution in [0.1, 0.15) is 36.6 Å². The molecule has 3 nitrogen and oxygen atoms in total. The monoisotopic (exact) mass is 286 g/mol. The van der Waals surface area contributed by atoms with E-state index in [9.17, 15) is 5.11 Å². The van der Waals surface area contributed by atoms with E-state index in [0.29, 0.717) is 13.2 Å². The fraction of sp³-hybridized carbons (Fsp3) is 0.333. The molecule has 0 aliphatic heterocycles. The van der Waals surface area contributed by atoms with E-state index in [1.807, 2.05) is 56.3 Å². The second-order valence-electron chi connectivity index (χ2n) is 5.08. The molecule has 0 spiro atoms. The highest BCUT2D eigenvalue weighted by Gasteiger charge is 2.09. The smallest absolute Gasteiger partial charge is 0.125 e. The molecule has 0 amide bonds. The zero-order valence-corrected chi connectivity index (χ0v) is 12.8. The lowest BCUT2D eigenvalue weighted by Gasteiger charge is -2.14. The van der Waals surface area contributed by atoms with Gasteiger partial charge in [0.25, 0.3) is 0 Å². The van der Waals surface area contributed by atoms with E-state index in [0.717, 1.165) is 28.2 Å². The molecule has 0 aromatic heterocycles. The molecule has 2 aromatic carbocycles. The minimum absolute atomic E-state index is 0.416. The number of rotatable bonds is 6. The first-order chi connectivity index (χ1) is 10.1. The molecule has 0 saturated carbocycles. The van der Waals surface area contributed by atoms with E-state index in [-0.39, 0.29) is 0 Å². The van der Waals surface area contributed by atoms with Crippen LogP contribution in [0.15, 0.2) is 42.5 Å². The van der Waals surface area contributed by atoms with Gasteiger partial charge in [0.05, 0.1) is 12.7 Å². The Kier molecular flexibility index (Phi) is 5.23. The first kappa shape index (κ1) is 15.4. The van der Waals surface area contributed by atoms with Gasteiger partial charge in [-0.15, -0.1) is 0 Å². The predicted molar refractivity (Wildman–Crippen MR) is 83.8 cm³/mol. The van der Waals surface area contributed by atoms with Crippen LogP contribution in [0.3, 0.4) is 0 Å². The van der Waals surface area contributed by atoms with Gasteiger partial charge in [0.15, 0.2) is 0 Å². The first-order valence-electron chi connectivity index (χ1n) is 7.23. The summed E-state index contributed by atoms with van der Waals surface area (Å²) >= 11 is 0. The minimum Gasteiger partial charge on any atom is -0.493 e. The van der Waals surface area contributed by atoms with Crippen molar-refractivity contribution in [3.63, 3.8) is 0 Å². The molecule has 2 rings (SSSR count). The fourth-order valence-corrected chi connectivity index (χ4v) is 2.13. The maximum Gasteiger partial charge on any atom is 0.125 e. The van der Waals surface area contributed by atoms with Gasteiger partial charge in [-0.1, -0.05) is 18.2 Å². The van der Waals surface area contributed by atoms with Crippen LogP contribution < -0.4 is 9.47 Å². The highest BCUT2D eigenvalue weighted by molar-refractivity contribution is 5.38. The summed E-state index contributed by atoms with van der Waals surface area (Å²) in [7, 11) is 0. The number of hydrogen-bond acceptors (Lipinski definition) is 3. The summed E-state index contributed by atoms with van der Waals surface area (Å²) in [6.45, 7) is 6.76. The third-order valence-corrected chi connectivity index (χ3v) is 3.25. The standard InChI is InChI=1S/C18H22O3/c1-4-20-18-9-8-15(14(3)19)11-16(18)12-21-17-7-5-6-13(2)10-17/h5-11,14,19H,4,12H2,1-3H3. The van der Waals surface area contributed by atoms with Gasteiger partial charge in [0.2, 0.25) is 0 Å². The van der Waals surface area contributed by atoms with E-state index in [1.165, 1.54) is 0 Å². The summed E-state index contributed by atoms with van der Waals surface area (Å²) in [5, 5.41) is 9.71. The Morgan fingerprint density at radius 1 is 1.10 bits per heavy atom. The molecule has 0 fully saturated rings. The van der Waals surface area contributed by atoms with E-state index in [2.05, 4.69) is 0 Å². The maximum atomic E-state index is 9.71. The predicted octanol–water partition coefficient (Wildman–Crippen LogP) is 4.03. The molecule has 2 aromatic rings. The molecule has 0 heterocycles. The van der Waals surface area contributed by atoms with Crippen LogP contribution in [0.4, 0.5) is 0 Å². The van der Waals surface area contributed by atoms with Crippen molar-refractivity contribution in [2.45, 2.75) is 33.5 Å². The summed E-state index contributed by atoms with van der Waals surface area (Å²) < 4.78 is 11.5. The average Bonchev–Trinajstić information content (AvgIpc) is 2.46. The van der Waals surface area contributed by atoms with E-state index >= 15 is 0 Å². The van der Waals surface area contributed by atoms with Crippen molar-refractivity contribution in [2.75, 3.05) is 6.61 Å². The van der Waals surface area contributed by atoms with Gasteiger partial charge in [-0.2, -0.15) is 0 Å². The van der Waals surface area contributed by atoms with Crippen molar-refractivity contribution in [1.29, 1.82) is 0 Å². The van der Waals surface area contributed by atoms with Gasteiger partial charge in [0.1, 0.15) is 18.1 Å².